The fourth-order valence-corrected chi connectivity index (χ4v) is 12.8. The highest BCUT2D eigenvalue weighted by molar-refractivity contribution is 9.10. The molecule has 1 atom stereocenters. The zero-order chi connectivity index (χ0) is 49.6. The second-order valence-corrected chi connectivity index (χ2v) is 23.6. The summed E-state index contributed by atoms with van der Waals surface area (Å²) >= 11 is 3.65. The Kier molecular flexibility index (Phi) is 14.0. The van der Waals surface area contributed by atoms with Crippen LogP contribution < -0.4 is 41.5 Å². The van der Waals surface area contributed by atoms with Crippen molar-refractivity contribution >= 4 is 96.7 Å². The van der Waals surface area contributed by atoms with Crippen LogP contribution in [0.3, 0.4) is 0 Å². The number of oxazole rings is 1. The first-order valence-corrected chi connectivity index (χ1v) is 28.5. The SMILES string of the molecule is CCOc1cc(N2CCC(N3CCN(CC4CN(c5cccc6c5oc(=O)n6C5CCC(=O)NC5=O)C4)CC3)CC2)c(CC)cc1Nc1ncc(Br)c(Nc2ccc3nc(CC)ccc3c2P(C)(C)=O)n1. The van der Waals surface area contributed by atoms with Gasteiger partial charge in [0, 0.05) is 112 Å². The standard InChI is InChI=1S/C52H63BrN11O6P/c1-6-33-26-40(57-51-54-28-37(53)49(59-51)56-39-15-14-38-36(48(39)71(4,5)68)13-12-34(7-2)55-38)45(69-8-3)27-44(33)62-20-18-35(19-21-62)61-24-22-60(23-25-61)29-32-30-63(31-32)41-10-9-11-42-47(41)70-52(67)64(42)43-16-17-46(65)58-50(43)66/h9-15,26-28,32,35,43H,6-8,16-25,29-31H2,1-5H3,(H,58,65,66)(H2,54,56,57,59). The monoisotopic (exact) mass is 1050 g/mol. The lowest BCUT2D eigenvalue weighted by Gasteiger charge is -2.46. The lowest BCUT2D eigenvalue weighted by Crippen LogP contribution is -2.57. The third kappa shape index (κ3) is 10.0. The van der Waals surface area contributed by atoms with E-state index in [0.29, 0.717) is 51.6 Å². The molecule has 4 saturated heterocycles. The smallest absolute Gasteiger partial charge is 0.420 e. The molecular formula is C52H63BrN11O6P. The summed E-state index contributed by atoms with van der Waals surface area (Å²) in [5, 5.41) is 10.9. The second kappa shape index (κ2) is 20.4. The molecule has 4 fully saturated rings. The van der Waals surface area contributed by atoms with Gasteiger partial charge < -0.3 is 39.1 Å². The van der Waals surface area contributed by atoms with Crippen molar-refractivity contribution in [2.24, 2.45) is 5.92 Å². The van der Waals surface area contributed by atoms with Crippen molar-refractivity contribution in [3.05, 3.63) is 87.1 Å². The Morgan fingerprint density at radius 1 is 0.859 bits per heavy atom. The van der Waals surface area contributed by atoms with E-state index in [4.69, 9.17) is 19.1 Å². The van der Waals surface area contributed by atoms with Gasteiger partial charge in [-0.25, -0.2) is 9.78 Å². The number of fused-ring (bicyclic) bond motifs is 2. The van der Waals surface area contributed by atoms with Gasteiger partial charge in [-0.1, -0.05) is 26.0 Å². The largest absolute Gasteiger partial charge is 0.492 e. The number of benzene rings is 3. The molecule has 0 radical (unpaired) electrons. The number of piperidine rings is 2. The summed E-state index contributed by atoms with van der Waals surface area (Å²) in [5.41, 5.74) is 7.70. The van der Waals surface area contributed by atoms with Crippen molar-refractivity contribution in [1.82, 2.24) is 34.6 Å². The van der Waals surface area contributed by atoms with Gasteiger partial charge in [-0.15, -0.1) is 0 Å². The van der Waals surface area contributed by atoms with E-state index in [1.165, 1.54) is 15.8 Å². The van der Waals surface area contributed by atoms with Crippen molar-refractivity contribution in [1.29, 1.82) is 0 Å². The molecule has 4 aliphatic heterocycles. The number of amides is 2. The number of rotatable bonds is 15. The van der Waals surface area contributed by atoms with Gasteiger partial charge in [-0.2, -0.15) is 4.98 Å². The minimum absolute atomic E-state index is 0.189. The number of nitrogens with zero attached hydrogens (tertiary/aromatic N) is 8. The fraction of sp³-hybridized carbons (Fsp3) is 0.462. The Morgan fingerprint density at radius 2 is 1.65 bits per heavy atom. The van der Waals surface area contributed by atoms with E-state index in [1.807, 2.05) is 49.4 Å². The minimum atomic E-state index is -2.74. The van der Waals surface area contributed by atoms with E-state index < -0.39 is 24.8 Å². The number of hydrogen-bond donors (Lipinski definition) is 3. The Morgan fingerprint density at radius 3 is 2.37 bits per heavy atom. The molecule has 19 heteroatoms. The molecule has 374 valence electrons. The van der Waals surface area contributed by atoms with Gasteiger partial charge in [-0.05, 0) is 110 Å². The molecular weight excluding hydrogens is 986 g/mol. The second-order valence-electron chi connectivity index (χ2n) is 19.6. The quantitative estimate of drug-likeness (QED) is 0.0673. The Labute approximate surface area is 422 Å². The number of anilines is 6. The van der Waals surface area contributed by atoms with Crippen LogP contribution >= 0.6 is 23.1 Å². The summed E-state index contributed by atoms with van der Waals surface area (Å²) in [6, 6.07) is 17.7. The average Bonchev–Trinajstić information content (AvgIpc) is 3.69. The summed E-state index contributed by atoms with van der Waals surface area (Å²) in [6.45, 7) is 19.3. The van der Waals surface area contributed by atoms with Crippen LogP contribution in [-0.2, 0) is 27.0 Å². The molecule has 0 saturated carbocycles. The first kappa shape index (κ1) is 48.8. The highest BCUT2D eigenvalue weighted by Crippen LogP contribution is 2.43. The van der Waals surface area contributed by atoms with Crippen LogP contribution in [0.1, 0.15) is 63.8 Å². The molecule has 0 spiro atoms. The van der Waals surface area contributed by atoms with Crippen LogP contribution in [0.2, 0.25) is 0 Å². The number of piperazine rings is 1. The molecule has 7 heterocycles. The summed E-state index contributed by atoms with van der Waals surface area (Å²) in [4.78, 5) is 61.8. The zero-order valence-electron chi connectivity index (χ0n) is 41.2. The van der Waals surface area contributed by atoms with Crippen LogP contribution in [-0.4, -0.2) is 126 Å². The van der Waals surface area contributed by atoms with Crippen LogP contribution in [0.15, 0.2) is 74.5 Å². The summed E-state index contributed by atoms with van der Waals surface area (Å²) in [7, 11) is -2.74. The molecule has 0 aliphatic carbocycles. The molecule has 71 heavy (non-hydrogen) atoms. The number of ether oxygens (including phenoxy) is 1. The highest BCUT2D eigenvalue weighted by Gasteiger charge is 2.36. The first-order valence-electron chi connectivity index (χ1n) is 25.1. The topological polar surface area (TPSA) is 183 Å². The van der Waals surface area contributed by atoms with E-state index >= 15 is 0 Å². The van der Waals surface area contributed by atoms with Gasteiger partial charge in [0.2, 0.25) is 17.8 Å². The van der Waals surface area contributed by atoms with Crippen LogP contribution in [0.4, 0.5) is 34.5 Å². The van der Waals surface area contributed by atoms with Crippen molar-refractivity contribution in [3.8, 4) is 5.75 Å². The molecule has 10 rings (SSSR count). The number of aryl methyl sites for hydroxylation is 2. The Hall–Kier alpha value is -5.81. The number of nitrogens with one attached hydrogen (secondary N) is 3. The number of hydrogen-bond acceptors (Lipinski definition) is 15. The third-order valence-corrected chi connectivity index (χ3v) is 16.7. The zero-order valence-corrected chi connectivity index (χ0v) is 43.7. The molecule has 0 bridgehead atoms. The summed E-state index contributed by atoms with van der Waals surface area (Å²) in [5.74, 6) is 0.845. The van der Waals surface area contributed by atoms with E-state index in [-0.39, 0.29) is 18.7 Å². The number of carbonyl (C=O) groups excluding carboxylic acids is 2. The number of para-hydroxylation sites is 1. The highest BCUT2D eigenvalue weighted by atomic mass is 79.9. The lowest BCUT2D eigenvalue weighted by atomic mass is 9.97. The van der Waals surface area contributed by atoms with E-state index in [0.717, 1.165) is 124 Å². The Balaban J connectivity index is 0.743. The maximum absolute atomic E-state index is 13.8. The van der Waals surface area contributed by atoms with E-state index in [1.54, 1.807) is 19.5 Å². The number of pyridine rings is 1. The number of imide groups is 1. The van der Waals surface area contributed by atoms with Gasteiger partial charge in [0.1, 0.15) is 24.8 Å². The summed E-state index contributed by atoms with van der Waals surface area (Å²) in [6.07, 6.45) is 6.05. The molecule has 1 unspecified atom stereocenters. The van der Waals surface area contributed by atoms with Crippen LogP contribution in [0, 0.1) is 5.92 Å². The molecule has 3 aromatic carbocycles. The van der Waals surface area contributed by atoms with E-state index in [9.17, 15) is 18.9 Å². The fourth-order valence-electron chi connectivity index (χ4n) is 11.0. The molecule has 2 amide bonds. The molecule has 3 aromatic heterocycles. The number of halogens is 1. The molecule has 3 N–H and O–H groups in total. The summed E-state index contributed by atoms with van der Waals surface area (Å²) < 4.78 is 27.9. The van der Waals surface area contributed by atoms with Gasteiger partial charge >= 0.3 is 5.76 Å². The van der Waals surface area contributed by atoms with Crippen molar-refractivity contribution in [3.63, 3.8) is 0 Å². The van der Waals surface area contributed by atoms with Crippen molar-refractivity contribution < 1.29 is 23.3 Å². The average molecular weight is 1050 g/mol. The third-order valence-electron chi connectivity index (χ3n) is 14.6. The van der Waals surface area contributed by atoms with Gasteiger partial charge in [0.25, 0.3) is 0 Å². The minimum Gasteiger partial charge on any atom is -0.492 e. The number of carbonyl (C=O) groups is 2. The van der Waals surface area contributed by atoms with Crippen molar-refractivity contribution in [2.75, 3.05) is 99.3 Å². The maximum Gasteiger partial charge on any atom is 0.420 e. The first-order chi connectivity index (χ1) is 34.3. The van der Waals surface area contributed by atoms with Crippen molar-refractivity contribution in [2.45, 2.75) is 71.4 Å². The molecule has 6 aromatic rings. The van der Waals surface area contributed by atoms with Crippen LogP contribution in [0.25, 0.3) is 22.0 Å². The van der Waals surface area contributed by atoms with Crippen LogP contribution in [0.5, 0.6) is 5.75 Å². The molecule has 4 aliphatic rings. The van der Waals surface area contributed by atoms with Gasteiger partial charge in [0.15, 0.2) is 5.58 Å². The van der Waals surface area contributed by atoms with Gasteiger partial charge in [0.05, 0.1) is 39.2 Å². The predicted octanol–water partition coefficient (Wildman–Crippen LogP) is 7.65. The Bertz CT molecular complexity index is 3100. The molecule has 17 nitrogen and oxygen atoms in total. The van der Waals surface area contributed by atoms with Gasteiger partial charge in [-0.3, -0.25) is 29.4 Å². The lowest BCUT2D eigenvalue weighted by molar-refractivity contribution is -0.135. The van der Waals surface area contributed by atoms with E-state index in [2.05, 4.69) is 82.4 Å². The maximum atomic E-state index is 13.8. The predicted molar refractivity (Wildman–Crippen MR) is 284 cm³/mol. The number of aromatic nitrogens is 4. The normalized spacial score (nSPS) is 18.8.